The summed E-state index contributed by atoms with van der Waals surface area (Å²) in [6.07, 6.45) is 12.6. The smallest absolute Gasteiger partial charge is 0.0598 e. The molecule has 1 aliphatic rings. The zero-order valence-electron chi connectivity index (χ0n) is 12.2. The number of piperidine rings is 1. The molecule has 0 unspecified atom stereocenters. The Bertz CT molecular complexity index is 252. The molecule has 0 spiro atoms. The van der Waals surface area contributed by atoms with Gasteiger partial charge >= 0.3 is 0 Å². The third kappa shape index (κ3) is 4.50. The largest absolute Gasteiger partial charge is 0.313 e. The summed E-state index contributed by atoms with van der Waals surface area (Å²) in [6, 6.07) is 0.684. The van der Waals surface area contributed by atoms with Crippen molar-refractivity contribution in [1.82, 2.24) is 10.2 Å². The molecular weight excluding hydrogens is 240 g/mol. The Morgan fingerprint density at radius 1 is 1.33 bits per heavy atom. The van der Waals surface area contributed by atoms with Crippen LogP contribution in [0.5, 0.6) is 0 Å². The van der Waals surface area contributed by atoms with Gasteiger partial charge in [0.25, 0.3) is 0 Å². The van der Waals surface area contributed by atoms with E-state index < -0.39 is 0 Å². The van der Waals surface area contributed by atoms with Gasteiger partial charge in [0.1, 0.15) is 0 Å². The molecule has 0 atom stereocenters. The van der Waals surface area contributed by atoms with Crippen LogP contribution >= 0.6 is 11.8 Å². The lowest BCUT2D eigenvalue weighted by Crippen LogP contribution is -2.47. The van der Waals surface area contributed by atoms with E-state index in [0.717, 1.165) is 26.2 Å². The lowest BCUT2D eigenvalue weighted by Gasteiger charge is -2.35. The van der Waals surface area contributed by atoms with Gasteiger partial charge in [0.05, 0.1) is 6.54 Å². The summed E-state index contributed by atoms with van der Waals surface area (Å²) in [5, 5.41) is 3.78. The zero-order chi connectivity index (χ0) is 13.4. The highest BCUT2D eigenvalue weighted by atomic mass is 32.2. The maximum atomic E-state index is 5.35. The van der Waals surface area contributed by atoms with E-state index in [2.05, 4.69) is 36.2 Å². The second-order valence-electron chi connectivity index (χ2n) is 5.23. The van der Waals surface area contributed by atoms with E-state index in [1.165, 1.54) is 25.7 Å². The molecule has 0 saturated carbocycles. The van der Waals surface area contributed by atoms with Crippen molar-refractivity contribution in [2.24, 2.45) is 0 Å². The summed E-state index contributed by atoms with van der Waals surface area (Å²) in [5.74, 6) is 2.74. The average molecular weight is 268 g/mol. The minimum Gasteiger partial charge on any atom is -0.313 e. The van der Waals surface area contributed by atoms with Gasteiger partial charge < -0.3 is 5.32 Å². The molecule has 0 radical (unpaired) electrons. The van der Waals surface area contributed by atoms with Crippen LogP contribution < -0.4 is 5.32 Å². The van der Waals surface area contributed by atoms with E-state index in [1.807, 2.05) is 11.8 Å². The maximum Gasteiger partial charge on any atom is 0.0598 e. The van der Waals surface area contributed by atoms with E-state index in [1.54, 1.807) is 0 Å². The first kappa shape index (κ1) is 15.9. The number of thioether (sulfide) groups is 1. The zero-order valence-corrected chi connectivity index (χ0v) is 13.0. The fourth-order valence-electron chi connectivity index (χ4n) is 2.62. The molecule has 1 saturated heterocycles. The predicted octanol–water partition coefficient (Wildman–Crippen LogP) is 2.60. The molecule has 1 aliphatic heterocycles. The lowest BCUT2D eigenvalue weighted by atomic mass is 9.99. The van der Waals surface area contributed by atoms with Crippen molar-refractivity contribution in [1.29, 1.82) is 0 Å². The Hall–Kier alpha value is -0.170. The number of terminal acetylenes is 1. The average Bonchev–Trinajstić information content (AvgIpc) is 2.43. The second-order valence-corrected chi connectivity index (χ2v) is 6.50. The molecule has 3 heteroatoms. The minimum atomic E-state index is 0.427. The number of nitrogens with zero attached hydrogens (tertiary/aromatic N) is 1. The summed E-state index contributed by atoms with van der Waals surface area (Å²) in [4.78, 5) is 2.37. The number of rotatable bonds is 7. The van der Waals surface area contributed by atoms with E-state index in [-0.39, 0.29) is 0 Å². The van der Waals surface area contributed by atoms with Crippen LogP contribution in [0.25, 0.3) is 0 Å². The summed E-state index contributed by atoms with van der Waals surface area (Å²) in [6.45, 7) is 8.85. The SMILES string of the molecule is C#CCN1CCC(NCC(CC)(CC)SC)CC1. The summed E-state index contributed by atoms with van der Waals surface area (Å²) >= 11 is 2.02. The van der Waals surface area contributed by atoms with Gasteiger partial charge in [0, 0.05) is 30.4 Å². The van der Waals surface area contributed by atoms with Gasteiger partial charge in [0.2, 0.25) is 0 Å². The van der Waals surface area contributed by atoms with E-state index in [0.29, 0.717) is 10.8 Å². The van der Waals surface area contributed by atoms with Crippen LogP contribution in [0, 0.1) is 12.3 Å². The monoisotopic (exact) mass is 268 g/mol. The number of likely N-dealkylation sites (tertiary alicyclic amines) is 1. The maximum absolute atomic E-state index is 5.35. The summed E-state index contributed by atoms with van der Waals surface area (Å²) in [7, 11) is 0. The van der Waals surface area contributed by atoms with Gasteiger partial charge in [-0.05, 0) is 31.9 Å². The Morgan fingerprint density at radius 2 is 1.94 bits per heavy atom. The van der Waals surface area contributed by atoms with Crippen LogP contribution in [0.4, 0.5) is 0 Å². The van der Waals surface area contributed by atoms with Crippen LogP contribution in [0.1, 0.15) is 39.5 Å². The topological polar surface area (TPSA) is 15.3 Å². The number of hydrogen-bond donors (Lipinski definition) is 1. The Kier molecular flexibility index (Phi) is 7.14. The molecular formula is C15H28N2S. The van der Waals surface area contributed by atoms with Gasteiger partial charge in [-0.2, -0.15) is 11.8 Å². The van der Waals surface area contributed by atoms with Gasteiger partial charge in [0.15, 0.2) is 0 Å². The van der Waals surface area contributed by atoms with Crippen LogP contribution in [0.3, 0.4) is 0 Å². The molecule has 2 nitrogen and oxygen atoms in total. The highest BCUT2D eigenvalue weighted by molar-refractivity contribution is 8.00. The Balaban J connectivity index is 2.31. The Labute approximate surface area is 117 Å². The molecule has 1 rings (SSSR count). The third-order valence-electron chi connectivity index (χ3n) is 4.34. The first-order valence-electron chi connectivity index (χ1n) is 7.14. The second kappa shape index (κ2) is 8.09. The lowest BCUT2D eigenvalue weighted by molar-refractivity contribution is 0.215. The van der Waals surface area contributed by atoms with Gasteiger partial charge in [-0.1, -0.05) is 19.8 Å². The summed E-state index contributed by atoms with van der Waals surface area (Å²) in [5.41, 5.74) is 0. The molecule has 0 aromatic carbocycles. The van der Waals surface area contributed by atoms with Gasteiger partial charge in [-0.15, -0.1) is 6.42 Å². The molecule has 1 heterocycles. The fourth-order valence-corrected chi connectivity index (χ4v) is 3.42. The molecule has 1 N–H and O–H groups in total. The number of nitrogens with one attached hydrogen (secondary N) is 1. The molecule has 0 aromatic rings. The highest BCUT2D eigenvalue weighted by Crippen LogP contribution is 2.29. The van der Waals surface area contributed by atoms with Crippen molar-refractivity contribution in [3.8, 4) is 12.3 Å². The van der Waals surface area contributed by atoms with Crippen molar-refractivity contribution < 1.29 is 0 Å². The molecule has 0 bridgehead atoms. The summed E-state index contributed by atoms with van der Waals surface area (Å²) < 4.78 is 0.427. The standard InChI is InChI=1S/C15H28N2S/c1-5-10-17-11-8-14(9-12-17)16-13-15(6-2,7-3)18-4/h1,14,16H,6-13H2,2-4H3. The molecule has 18 heavy (non-hydrogen) atoms. The number of hydrogen-bond acceptors (Lipinski definition) is 3. The third-order valence-corrected chi connectivity index (χ3v) is 5.92. The Morgan fingerprint density at radius 3 is 2.39 bits per heavy atom. The quantitative estimate of drug-likeness (QED) is 0.715. The van der Waals surface area contributed by atoms with Crippen LogP contribution in [-0.4, -0.2) is 48.1 Å². The molecule has 0 aromatic heterocycles. The predicted molar refractivity (Wildman–Crippen MR) is 83.1 cm³/mol. The van der Waals surface area contributed by atoms with E-state index in [9.17, 15) is 0 Å². The minimum absolute atomic E-state index is 0.427. The van der Waals surface area contributed by atoms with Crippen molar-refractivity contribution in [3.05, 3.63) is 0 Å². The van der Waals surface area contributed by atoms with Crippen molar-refractivity contribution in [2.45, 2.75) is 50.3 Å². The molecule has 1 fully saturated rings. The first-order chi connectivity index (χ1) is 8.69. The van der Waals surface area contributed by atoms with Crippen LogP contribution in [0.2, 0.25) is 0 Å². The van der Waals surface area contributed by atoms with Crippen molar-refractivity contribution >= 4 is 11.8 Å². The van der Waals surface area contributed by atoms with Gasteiger partial charge in [-0.3, -0.25) is 4.90 Å². The fraction of sp³-hybridized carbons (Fsp3) is 0.867. The van der Waals surface area contributed by atoms with Gasteiger partial charge in [-0.25, -0.2) is 0 Å². The van der Waals surface area contributed by atoms with Crippen molar-refractivity contribution in [3.63, 3.8) is 0 Å². The van der Waals surface area contributed by atoms with Crippen LogP contribution in [-0.2, 0) is 0 Å². The molecule has 104 valence electrons. The van der Waals surface area contributed by atoms with Crippen LogP contribution in [0.15, 0.2) is 0 Å². The highest BCUT2D eigenvalue weighted by Gasteiger charge is 2.26. The molecule has 0 amide bonds. The molecule has 0 aliphatic carbocycles. The first-order valence-corrected chi connectivity index (χ1v) is 8.36. The van der Waals surface area contributed by atoms with E-state index in [4.69, 9.17) is 6.42 Å². The normalized spacial score (nSPS) is 18.8. The van der Waals surface area contributed by atoms with E-state index >= 15 is 0 Å². The van der Waals surface area contributed by atoms with Crippen molar-refractivity contribution in [2.75, 3.05) is 32.4 Å².